The van der Waals surface area contributed by atoms with Crippen LogP contribution in [0.15, 0.2) is 29.3 Å². The number of methoxy groups -OCH3 is 1. The minimum atomic E-state index is -0.0119. The number of guanidine groups is 1. The van der Waals surface area contributed by atoms with Gasteiger partial charge < -0.3 is 24.7 Å². The first-order chi connectivity index (χ1) is 14.7. The van der Waals surface area contributed by atoms with Crippen LogP contribution in [-0.2, 0) is 19.4 Å². The minimum Gasteiger partial charge on any atom is -0.497 e. The summed E-state index contributed by atoms with van der Waals surface area (Å²) in [7, 11) is 3.43. The van der Waals surface area contributed by atoms with Gasteiger partial charge in [0.2, 0.25) is 0 Å². The molecule has 0 bridgehead atoms. The van der Waals surface area contributed by atoms with E-state index in [1.54, 1.807) is 14.2 Å². The second-order valence-electron chi connectivity index (χ2n) is 7.59. The van der Waals surface area contributed by atoms with Gasteiger partial charge in [0.05, 0.1) is 13.7 Å². The van der Waals surface area contributed by atoms with Crippen molar-refractivity contribution in [2.45, 2.75) is 58.1 Å². The van der Waals surface area contributed by atoms with E-state index in [0.29, 0.717) is 6.54 Å². The first kappa shape index (κ1) is 21.9. The van der Waals surface area contributed by atoms with E-state index >= 15 is 0 Å². The fourth-order valence-electron chi connectivity index (χ4n) is 3.59. The number of aromatic nitrogens is 3. The van der Waals surface area contributed by atoms with Gasteiger partial charge in [-0.1, -0.05) is 12.5 Å². The summed E-state index contributed by atoms with van der Waals surface area (Å²) in [5.41, 5.74) is 0. The van der Waals surface area contributed by atoms with E-state index in [-0.39, 0.29) is 6.10 Å². The maximum absolute atomic E-state index is 5.95. The first-order valence-electron chi connectivity index (χ1n) is 10.9. The van der Waals surface area contributed by atoms with Crippen molar-refractivity contribution < 1.29 is 9.47 Å². The summed E-state index contributed by atoms with van der Waals surface area (Å²) >= 11 is 0. The number of aliphatic imine (C=N–C) groups is 1. The quantitative estimate of drug-likeness (QED) is 0.373. The normalized spacial score (nSPS) is 15.1. The molecule has 2 N–H and O–H groups in total. The highest BCUT2D eigenvalue weighted by Gasteiger charge is 2.14. The van der Waals surface area contributed by atoms with Gasteiger partial charge >= 0.3 is 0 Å². The van der Waals surface area contributed by atoms with Crippen molar-refractivity contribution in [1.82, 2.24) is 25.4 Å². The van der Waals surface area contributed by atoms with Gasteiger partial charge in [0.25, 0.3) is 0 Å². The van der Waals surface area contributed by atoms with Gasteiger partial charge in [0.1, 0.15) is 29.3 Å². The summed E-state index contributed by atoms with van der Waals surface area (Å²) in [6.07, 6.45) is 6.68. The third-order valence-corrected chi connectivity index (χ3v) is 5.21. The van der Waals surface area contributed by atoms with E-state index in [9.17, 15) is 0 Å². The molecule has 1 aromatic heterocycles. The van der Waals surface area contributed by atoms with Gasteiger partial charge in [0.15, 0.2) is 5.96 Å². The molecule has 30 heavy (non-hydrogen) atoms. The molecule has 3 rings (SSSR count). The number of nitrogens with one attached hydrogen (secondary N) is 2. The van der Waals surface area contributed by atoms with E-state index in [4.69, 9.17) is 9.47 Å². The minimum absolute atomic E-state index is 0.0119. The van der Waals surface area contributed by atoms with Gasteiger partial charge in [-0.3, -0.25) is 4.99 Å². The van der Waals surface area contributed by atoms with Crippen LogP contribution >= 0.6 is 0 Å². The Labute approximate surface area is 179 Å². The second kappa shape index (κ2) is 11.4. The molecular weight excluding hydrogens is 380 g/mol. The molecule has 1 atom stereocenters. The Kier molecular flexibility index (Phi) is 8.35. The number of nitrogens with zero attached hydrogens (tertiary/aromatic N) is 4. The van der Waals surface area contributed by atoms with Gasteiger partial charge in [-0.25, -0.2) is 0 Å². The van der Waals surface area contributed by atoms with Crippen molar-refractivity contribution in [1.29, 1.82) is 0 Å². The van der Waals surface area contributed by atoms with E-state index in [1.165, 1.54) is 19.3 Å². The fraction of sp³-hybridized carbons (Fsp3) is 0.591. The van der Waals surface area contributed by atoms with E-state index < -0.39 is 0 Å². The van der Waals surface area contributed by atoms with Crippen LogP contribution in [0.5, 0.6) is 11.5 Å². The summed E-state index contributed by atoms with van der Waals surface area (Å²) in [6.45, 7) is 4.55. The number of aryl methyl sites for hydroxylation is 2. The smallest absolute Gasteiger partial charge is 0.191 e. The topological polar surface area (TPSA) is 85.6 Å². The predicted molar refractivity (Wildman–Crippen MR) is 118 cm³/mol. The lowest BCUT2D eigenvalue weighted by molar-refractivity contribution is 0.223. The zero-order chi connectivity index (χ0) is 21.2. The average molecular weight is 415 g/mol. The summed E-state index contributed by atoms with van der Waals surface area (Å²) in [5, 5.41) is 15.5. The molecule has 8 nitrogen and oxygen atoms in total. The van der Waals surface area contributed by atoms with Crippen LogP contribution in [0.25, 0.3) is 0 Å². The molecule has 1 aliphatic heterocycles. The van der Waals surface area contributed by atoms with Crippen LogP contribution in [0.3, 0.4) is 0 Å². The summed E-state index contributed by atoms with van der Waals surface area (Å²) in [6, 6.07) is 7.63. The third kappa shape index (κ3) is 6.37. The molecule has 2 aromatic rings. The van der Waals surface area contributed by atoms with E-state index in [0.717, 1.165) is 61.5 Å². The molecule has 8 heteroatoms. The maximum atomic E-state index is 5.95. The average Bonchev–Trinajstić information content (AvgIpc) is 2.99. The number of ether oxygens (including phenoxy) is 2. The van der Waals surface area contributed by atoms with Gasteiger partial charge in [-0.05, 0) is 38.3 Å². The lowest BCUT2D eigenvalue weighted by atomic mass is 10.2. The number of hydrogen-bond acceptors (Lipinski definition) is 5. The predicted octanol–water partition coefficient (Wildman–Crippen LogP) is 2.58. The van der Waals surface area contributed by atoms with Gasteiger partial charge in [-0.15, -0.1) is 10.2 Å². The van der Waals surface area contributed by atoms with Crippen molar-refractivity contribution in [3.63, 3.8) is 0 Å². The van der Waals surface area contributed by atoms with Crippen LogP contribution in [0.2, 0.25) is 0 Å². The van der Waals surface area contributed by atoms with Crippen LogP contribution in [0.1, 0.15) is 44.3 Å². The molecular formula is C22H34N6O2. The summed E-state index contributed by atoms with van der Waals surface area (Å²) < 4.78 is 13.5. The third-order valence-electron chi connectivity index (χ3n) is 5.21. The highest BCUT2D eigenvalue weighted by molar-refractivity contribution is 5.79. The van der Waals surface area contributed by atoms with Crippen molar-refractivity contribution in [3.8, 4) is 11.5 Å². The van der Waals surface area contributed by atoms with Crippen molar-refractivity contribution in [2.24, 2.45) is 4.99 Å². The highest BCUT2D eigenvalue weighted by atomic mass is 16.5. The van der Waals surface area contributed by atoms with Gasteiger partial charge in [0, 0.05) is 39.0 Å². The van der Waals surface area contributed by atoms with Gasteiger partial charge in [-0.2, -0.15) is 0 Å². The number of rotatable bonds is 9. The molecule has 0 radical (unpaired) electrons. The number of hydrogen-bond donors (Lipinski definition) is 2. The highest BCUT2D eigenvalue weighted by Crippen LogP contribution is 2.19. The Balaban J connectivity index is 1.37. The Morgan fingerprint density at radius 2 is 2.07 bits per heavy atom. The lowest BCUT2D eigenvalue weighted by Crippen LogP contribution is -2.42. The molecule has 1 unspecified atom stereocenters. The second-order valence-corrected chi connectivity index (χ2v) is 7.59. The van der Waals surface area contributed by atoms with Crippen molar-refractivity contribution in [3.05, 3.63) is 35.9 Å². The SMILES string of the molecule is CN=C(NCCCc1nnc2n1CCCCC2)NCC(C)Oc1cccc(OC)c1. The van der Waals surface area contributed by atoms with Crippen molar-refractivity contribution in [2.75, 3.05) is 27.2 Å². The molecule has 164 valence electrons. The molecule has 0 aliphatic carbocycles. The maximum Gasteiger partial charge on any atom is 0.191 e. The largest absolute Gasteiger partial charge is 0.497 e. The molecule has 0 saturated heterocycles. The lowest BCUT2D eigenvalue weighted by Gasteiger charge is -2.18. The van der Waals surface area contributed by atoms with E-state index in [1.807, 2.05) is 31.2 Å². The van der Waals surface area contributed by atoms with Crippen LogP contribution in [0, 0.1) is 0 Å². The molecule has 0 fully saturated rings. The van der Waals surface area contributed by atoms with Crippen molar-refractivity contribution >= 4 is 5.96 Å². The van der Waals surface area contributed by atoms with E-state index in [2.05, 4.69) is 30.4 Å². The Hall–Kier alpha value is -2.77. The Morgan fingerprint density at radius 1 is 1.20 bits per heavy atom. The molecule has 2 heterocycles. The molecule has 1 aliphatic rings. The molecule has 0 saturated carbocycles. The molecule has 0 spiro atoms. The first-order valence-corrected chi connectivity index (χ1v) is 10.9. The van der Waals surface area contributed by atoms with Crippen LogP contribution in [-0.4, -0.2) is 54.1 Å². The molecule has 1 aromatic carbocycles. The number of benzene rings is 1. The standard InChI is InChI=1S/C22H34N6O2/c1-17(30-19-10-7-9-18(15-19)29-3)16-25-22(23-2)24-13-8-12-21-27-26-20-11-5-4-6-14-28(20)21/h7,9-10,15,17H,4-6,8,11-14,16H2,1-3H3,(H2,23,24,25). The zero-order valence-electron chi connectivity index (χ0n) is 18.4. The van der Waals surface area contributed by atoms with Crippen LogP contribution in [0.4, 0.5) is 0 Å². The Morgan fingerprint density at radius 3 is 2.90 bits per heavy atom. The summed E-state index contributed by atoms with van der Waals surface area (Å²) in [4.78, 5) is 4.30. The fourth-order valence-corrected chi connectivity index (χ4v) is 3.59. The molecule has 0 amide bonds. The number of fused-ring (bicyclic) bond motifs is 1. The monoisotopic (exact) mass is 414 g/mol. The summed E-state index contributed by atoms with van der Waals surface area (Å²) in [5.74, 6) is 4.61. The Bertz CT molecular complexity index is 820. The van der Waals surface area contributed by atoms with Crippen LogP contribution < -0.4 is 20.1 Å². The zero-order valence-corrected chi connectivity index (χ0v) is 18.4.